The van der Waals surface area contributed by atoms with E-state index in [4.69, 9.17) is 4.74 Å². The summed E-state index contributed by atoms with van der Waals surface area (Å²) in [5.41, 5.74) is 0.440. The molecule has 0 aliphatic rings. The molecule has 0 unspecified atom stereocenters. The second kappa shape index (κ2) is 6.31. The molecule has 0 bridgehead atoms. The van der Waals surface area contributed by atoms with E-state index in [1.807, 2.05) is 0 Å². The lowest BCUT2D eigenvalue weighted by molar-refractivity contribution is -0.0567. The number of hydrogen-bond acceptors (Lipinski definition) is 3. The van der Waals surface area contributed by atoms with Crippen LogP contribution in [0.15, 0.2) is 18.2 Å². The average molecular weight is 217 g/mol. The Morgan fingerprint density at radius 2 is 2.27 bits per heavy atom. The van der Waals surface area contributed by atoms with Gasteiger partial charge in [0, 0.05) is 12.7 Å². The van der Waals surface area contributed by atoms with E-state index in [2.05, 4.69) is 15.5 Å². The van der Waals surface area contributed by atoms with Crippen molar-refractivity contribution in [1.29, 1.82) is 0 Å². The van der Waals surface area contributed by atoms with Gasteiger partial charge in [-0.2, -0.15) is 8.78 Å². The summed E-state index contributed by atoms with van der Waals surface area (Å²) in [6.07, 6.45) is 0. The fourth-order valence-electron chi connectivity index (χ4n) is 1.00. The molecule has 0 aliphatic heterocycles. The fraction of sp³-hybridized carbons (Fsp3) is 0.400. The molecular weight excluding hydrogens is 206 g/mol. The van der Waals surface area contributed by atoms with Crippen molar-refractivity contribution < 1.29 is 23.0 Å². The lowest BCUT2D eigenvalue weighted by atomic mass is 10.2. The van der Waals surface area contributed by atoms with E-state index in [1.165, 1.54) is 13.2 Å². The summed E-state index contributed by atoms with van der Waals surface area (Å²) in [7, 11) is 1.48. The normalized spacial score (nSPS) is 10.7. The highest BCUT2D eigenvalue weighted by Crippen LogP contribution is 2.20. The van der Waals surface area contributed by atoms with Crippen molar-refractivity contribution in [3.05, 3.63) is 29.8 Å². The quantitative estimate of drug-likeness (QED) is 0.540. The molecular formula is C10H11F2O3. The number of alkyl halides is 2. The van der Waals surface area contributed by atoms with E-state index in [0.717, 1.165) is 0 Å². The molecule has 1 aromatic carbocycles. The second-order valence-corrected chi connectivity index (χ2v) is 2.65. The third-order valence-electron chi connectivity index (χ3n) is 1.56. The summed E-state index contributed by atoms with van der Waals surface area (Å²) in [5.74, 6) is 0.0728. The Kier molecular flexibility index (Phi) is 5.00. The number of hydrogen-bond donors (Lipinski definition) is 0. The third kappa shape index (κ3) is 4.22. The van der Waals surface area contributed by atoms with Crippen LogP contribution in [0.3, 0.4) is 0 Å². The van der Waals surface area contributed by atoms with Crippen molar-refractivity contribution in [2.75, 3.05) is 13.9 Å². The highest BCUT2D eigenvalue weighted by atomic mass is 19.3. The molecule has 0 N–H and O–H groups in total. The van der Waals surface area contributed by atoms with Gasteiger partial charge in [0.25, 0.3) is 0 Å². The van der Waals surface area contributed by atoms with E-state index in [1.54, 1.807) is 12.1 Å². The Bertz CT molecular complexity index is 292. The zero-order valence-corrected chi connectivity index (χ0v) is 8.20. The molecule has 0 amide bonds. The molecule has 0 saturated carbocycles. The first-order chi connectivity index (χ1) is 7.24. The first-order valence-corrected chi connectivity index (χ1v) is 4.25. The van der Waals surface area contributed by atoms with Crippen LogP contribution >= 0.6 is 0 Å². The molecule has 1 rings (SSSR count). The summed E-state index contributed by atoms with van der Waals surface area (Å²) in [6.45, 7) is -2.63. The van der Waals surface area contributed by atoms with Crippen LogP contribution in [0.5, 0.6) is 5.75 Å². The maximum absolute atomic E-state index is 12.0. The number of benzene rings is 1. The minimum absolute atomic E-state index is 0.0728. The minimum atomic E-state index is -2.85. The molecule has 1 radical (unpaired) electrons. The van der Waals surface area contributed by atoms with Gasteiger partial charge < -0.3 is 14.2 Å². The number of rotatable bonds is 6. The largest absolute Gasteiger partial charge is 0.434 e. The lowest BCUT2D eigenvalue weighted by Gasteiger charge is -2.09. The van der Waals surface area contributed by atoms with Crippen molar-refractivity contribution in [1.82, 2.24) is 0 Å². The zero-order chi connectivity index (χ0) is 11.1. The van der Waals surface area contributed by atoms with Crippen molar-refractivity contribution in [3.8, 4) is 5.75 Å². The van der Waals surface area contributed by atoms with Crippen LogP contribution < -0.4 is 4.74 Å². The third-order valence-corrected chi connectivity index (χ3v) is 1.56. The average Bonchev–Trinajstić information content (AvgIpc) is 2.20. The summed E-state index contributed by atoms with van der Waals surface area (Å²) >= 11 is 0. The number of methoxy groups -OCH3 is 1. The van der Waals surface area contributed by atoms with E-state index >= 15 is 0 Å². The molecule has 0 fully saturated rings. The van der Waals surface area contributed by atoms with E-state index < -0.39 is 6.61 Å². The highest BCUT2D eigenvalue weighted by Gasteiger charge is 2.08. The van der Waals surface area contributed by atoms with E-state index in [0.29, 0.717) is 5.56 Å². The van der Waals surface area contributed by atoms with E-state index in [-0.39, 0.29) is 19.1 Å². The molecule has 5 heteroatoms. The van der Waals surface area contributed by atoms with Gasteiger partial charge >= 0.3 is 6.61 Å². The number of halogens is 2. The van der Waals surface area contributed by atoms with Crippen LogP contribution in [0.4, 0.5) is 8.78 Å². The van der Waals surface area contributed by atoms with Crippen LogP contribution in [-0.2, 0) is 16.1 Å². The molecule has 0 atom stereocenters. The molecule has 83 valence electrons. The Labute approximate surface area is 86.6 Å². The molecule has 1 aromatic rings. The monoisotopic (exact) mass is 217 g/mol. The SMILES string of the molecule is COCOCc1[c]cccc1OC(F)F. The van der Waals surface area contributed by atoms with Gasteiger partial charge in [-0.25, -0.2) is 0 Å². The van der Waals surface area contributed by atoms with Gasteiger partial charge in [-0.3, -0.25) is 0 Å². The Morgan fingerprint density at radius 3 is 2.93 bits per heavy atom. The summed E-state index contributed by atoms with van der Waals surface area (Å²) in [6, 6.07) is 7.37. The standard InChI is InChI=1S/C10H11F2O3/c1-13-7-14-6-8-4-2-3-5-9(8)15-10(11)12/h2-3,5,10H,6-7H2,1H3. The van der Waals surface area contributed by atoms with Crippen LogP contribution in [0, 0.1) is 6.07 Å². The van der Waals surface area contributed by atoms with Gasteiger partial charge in [0.1, 0.15) is 12.5 Å². The highest BCUT2D eigenvalue weighted by molar-refractivity contribution is 5.31. The van der Waals surface area contributed by atoms with E-state index in [9.17, 15) is 8.78 Å². The maximum atomic E-state index is 12.0. The van der Waals surface area contributed by atoms with Crippen molar-refractivity contribution in [2.24, 2.45) is 0 Å². The first-order valence-electron chi connectivity index (χ1n) is 4.25. The minimum Gasteiger partial charge on any atom is -0.434 e. The van der Waals surface area contributed by atoms with Gasteiger partial charge in [0.15, 0.2) is 0 Å². The van der Waals surface area contributed by atoms with Crippen LogP contribution in [0.25, 0.3) is 0 Å². The van der Waals surface area contributed by atoms with Gasteiger partial charge in [0.05, 0.1) is 6.61 Å². The molecule has 0 heterocycles. The number of ether oxygens (including phenoxy) is 3. The van der Waals surface area contributed by atoms with Gasteiger partial charge in [0.2, 0.25) is 0 Å². The molecule has 15 heavy (non-hydrogen) atoms. The van der Waals surface area contributed by atoms with Crippen molar-refractivity contribution >= 4 is 0 Å². The predicted molar refractivity (Wildman–Crippen MR) is 48.6 cm³/mol. The Morgan fingerprint density at radius 1 is 1.47 bits per heavy atom. The summed E-state index contributed by atoms with van der Waals surface area (Å²) in [4.78, 5) is 0. The van der Waals surface area contributed by atoms with Crippen LogP contribution in [-0.4, -0.2) is 20.5 Å². The fourth-order valence-corrected chi connectivity index (χ4v) is 1.00. The van der Waals surface area contributed by atoms with Crippen LogP contribution in [0.2, 0.25) is 0 Å². The molecule has 0 aliphatic carbocycles. The molecule has 3 nitrogen and oxygen atoms in total. The van der Waals surface area contributed by atoms with Gasteiger partial charge in [-0.05, 0) is 12.1 Å². The van der Waals surface area contributed by atoms with Gasteiger partial charge in [-0.1, -0.05) is 12.1 Å². The van der Waals surface area contributed by atoms with Crippen molar-refractivity contribution in [2.45, 2.75) is 13.2 Å². The van der Waals surface area contributed by atoms with Crippen LogP contribution in [0.1, 0.15) is 5.56 Å². The zero-order valence-electron chi connectivity index (χ0n) is 8.20. The smallest absolute Gasteiger partial charge is 0.387 e. The summed E-state index contributed by atoms with van der Waals surface area (Å²) in [5, 5.41) is 0. The lowest BCUT2D eigenvalue weighted by Crippen LogP contribution is -2.06. The molecule has 0 aromatic heterocycles. The topological polar surface area (TPSA) is 27.7 Å². The maximum Gasteiger partial charge on any atom is 0.387 e. The second-order valence-electron chi connectivity index (χ2n) is 2.65. The molecule has 0 spiro atoms. The van der Waals surface area contributed by atoms with Crippen molar-refractivity contribution in [3.63, 3.8) is 0 Å². The Hall–Kier alpha value is -1.20. The molecule has 0 saturated heterocycles. The predicted octanol–water partition coefficient (Wildman–Crippen LogP) is 2.21. The first kappa shape index (κ1) is 11.9. The van der Waals surface area contributed by atoms with Gasteiger partial charge in [-0.15, -0.1) is 0 Å². The Balaban J connectivity index is 2.60. The summed E-state index contributed by atoms with van der Waals surface area (Å²) < 4.78 is 37.9.